The molecular formula is C14H20N2O3. The fourth-order valence-corrected chi connectivity index (χ4v) is 2.29. The zero-order chi connectivity index (χ0) is 13.7. The molecule has 0 bridgehead atoms. The van der Waals surface area contributed by atoms with Gasteiger partial charge in [0.15, 0.2) is 0 Å². The Morgan fingerprint density at radius 1 is 1.47 bits per heavy atom. The second-order valence-electron chi connectivity index (χ2n) is 4.83. The summed E-state index contributed by atoms with van der Waals surface area (Å²) in [6.07, 6.45) is 2.57. The van der Waals surface area contributed by atoms with Crippen LogP contribution in [0.15, 0.2) is 18.2 Å². The quantitative estimate of drug-likeness (QED) is 0.724. The first-order chi connectivity index (χ1) is 9.19. The molecule has 1 amide bonds. The van der Waals surface area contributed by atoms with Crippen LogP contribution in [0.5, 0.6) is 11.5 Å². The second-order valence-corrected chi connectivity index (χ2v) is 4.83. The molecule has 0 aliphatic carbocycles. The van der Waals surface area contributed by atoms with Gasteiger partial charge < -0.3 is 20.5 Å². The SMILES string of the molecule is COc1ccc(NC(=O)CC2CCNCC2)c(O)c1. The molecule has 1 fully saturated rings. The van der Waals surface area contributed by atoms with E-state index in [1.807, 2.05) is 0 Å². The summed E-state index contributed by atoms with van der Waals surface area (Å²) in [6.45, 7) is 1.96. The minimum absolute atomic E-state index is 0.0259. The van der Waals surface area contributed by atoms with Gasteiger partial charge in [0, 0.05) is 12.5 Å². The first kappa shape index (κ1) is 13.7. The molecule has 1 heterocycles. The summed E-state index contributed by atoms with van der Waals surface area (Å²) in [5.74, 6) is 0.973. The standard InChI is InChI=1S/C14H20N2O3/c1-19-11-2-3-12(13(17)9-11)16-14(18)8-10-4-6-15-7-5-10/h2-3,9-10,15,17H,4-8H2,1H3,(H,16,18). The zero-order valence-electron chi connectivity index (χ0n) is 11.1. The summed E-state index contributed by atoms with van der Waals surface area (Å²) in [4.78, 5) is 11.9. The summed E-state index contributed by atoms with van der Waals surface area (Å²) in [6, 6.07) is 4.84. The average Bonchev–Trinajstić information content (AvgIpc) is 2.42. The first-order valence-electron chi connectivity index (χ1n) is 6.56. The van der Waals surface area contributed by atoms with Crippen LogP contribution in [0.1, 0.15) is 19.3 Å². The Labute approximate surface area is 113 Å². The van der Waals surface area contributed by atoms with Gasteiger partial charge in [-0.05, 0) is 44.0 Å². The Balaban J connectivity index is 1.91. The number of anilines is 1. The molecule has 0 unspecified atom stereocenters. The van der Waals surface area contributed by atoms with Crippen molar-refractivity contribution in [2.45, 2.75) is 19.3 Å². The van der Waals surface area contributed by atoms with Gasteiger partial charge in [-0.1, -0.05) is 0 Å². The molecule has 104 valence electrons. The lowest BCUT2D eigenvalue weighted by atomic mass is 9.94. The van der Waals surface area contributed by atoms with Crippen molar-refractivity contribution in [1.29, 1.82) is 0 Å². The van der Waals surface area contributed by atoms with Crippen LogP contribution in [0.4, 0.5) is 5.69 Å². The molecule has 0 spiro atoms. The van der Waals surface area contributed by atoms with E-state index in [0.29, 0.717) is 23.8 Å². The van der Waals surface area contributed by atoms with Crippen LogP contribution in [0.3, 0.4) is 0 Å². The van der Waals surface area contributed by atoms with E-state index in [-0.39, 0.29) is 11.7 Å². The number of carbonyl (C=O) groups excluding carboxylic acids is 1. The highest BCUT2D eigenvalue weighted by molar-refractivity contribution is 5.92. The summed E-state index contributed by atoms with van der Waals surface area (Å²) < 4.78 is 5.00. The van der Waals surface area contributed by atoms with Crippen LogP contribution < -0.4 is 15.4 Å². The Bertz CT molecular complexity index is 442. The number of hydrogen-bond donors (Lipinski definition) is 3. The molecule has 1 aliphatic heterocycles. The van der Waals surface area contributed by atoms with Crippen molar-refractivity contribution in [3.63, 3.8) is 0 Å². The van der Waals surface area contributed by atoms with Crippen LogP contribution in [0.25, 0.3) is 0 Å². The summed E-state index contributed by atoms with van der Waals surface area (Å²) in [5, 5.41) is 15.8. The zero-order valence-corrected chi connectivity index (χ0v) is 11.1. The van der Waals surface area contributed by atoms with Gasteiger partial charge in [-0.15, -0.1) is 0 Å². The molecule has 1 aromatic carbocycles. The average molecular weight is 264 g/mol. The predicted molar refractivity (Wildman–Crippen MR) is 73.5 cm³/mol. The van der Waals surface area contributed by atoms with Crippen molar-refractivity contribution in [3.8, 4) is 11.5 Å². The number of hydrogen-bond acceptors (Lipinski definition) is 4. The van der Waals surface area contributed by atoms with Crippen LogP contribution >= 0.6 is 0 Å². The lowest BCUT2D eigenvalue weighted by Crippen LogP contribution is -2.30. The number of rotatable bonds is 4. The van der Waals surface area contributed by atoms with Gasteiger partial charge in [0.25, 0.3) is 0 Å². The maximum absolute atomic E-state index is 11.9. The lowest BCUT2D eigenvalue weighted by Gasteiger charge is -2.22. The number of methoxy groups -OCH3 is 1. The van der Waals surface area contributed by atoms with Crippen molar-refractivity contribution >= 4 is 11.6 Å². The van der Waals surface area contributed by atoms with Crippen molar-refractivity contribution < 1.29 is 14.6 Å². The highest BCUT2D eigenvalue weighted by Gasteiger charge is 2.17. The molecule has 1 aromatic rings. The van der Waals surface area contributed by atoms with Crippen molar-refractivity contribution in [2.75, 3.05) is 25.5 Å². The van der Waals surface area contributed by atoms with E-state index >= 15 is 0 Å². The number of benzene rings is 1. The molecule has 0 radical (unpaired) electrons. The minimum atomic E-state index is -0.0487. The summed E-state index contributed by atoms with van der Waals surface area (Å²) in [7, 11) is 1.53. The van der Waals surface area contributed by atoms with Crippen LogP contribution in [-0.4, -0.2) is 31.2 Å². The van der Waals surface area contributed by atoms with Crippen molar-refractivity contribution in [2.24, 2.45) is 5.92 Å². The fraction of sp³-hybridized carbons (Fsp3) is 0.500. The van der Waals surface area contributed by atoms with Gasteiger partial charge in [-0.2, -0.15) is 0 Å². The third kappa shape index (κ3) is 3.86. The molecule has 2 rings (SSSR count). The van der Waals surface area contributed by atoms with Crippen LogP contribution in [0, 0.1) is 5.92 Å². The molecule has 19 heavy (non-hydrogen) atoms. The third-order valence-corrected chi connectivity index (χ3v) is 3.41. The van der Waals surface area contributed by atoms with Gasteiger partial charge in [-0.3, -0.25) is 4.79 Å². The van der Waals surface area contributed by atoms with Gasteiger partial charge >= 0.3 is 0 Å². The Morgan fingerprint density at radius 3 is 2.84 bits per heavy atom. The molecule has 1 saturated heterocycles. The van der Waals surface area contributed by atoms with Gasteiger partial charge in [-0.25, -0.2) is 0 Å². The van der Waals surface area contributed by atoms with E-state index in [9.17, 15) is 9.90 Å². The molecule has 0 saturated carbocycles. The largest absolute Gasteiger partial charge is 0.506 e. The monoisotopic (exact) mass is 264 g/mol. The number of ether oxygens (including phenoxy) is 1. The van der Waals surface area contributed by atoms with E-state index in [1.54, 1.807) is 12.1 Å². The van der Waals surface area contributed by atoms with E-state index in [2.05, 4.69) is 10.6 Å². The molecule has 5 nitrogen and oxygen atoms in total. The van der Waals surface area contributed by atoms with E-state index in [4.69, 9.17) is 4.74 Å². The molecular weight excluding hydrogens is 244 g/mol. The lowest BCUT2D eigenvalue weighted by molar-refractivity contribution is -0.117. The molecule has 3 N–H and O–H groups in total. The topological polar surface area (TPSA) is 70.6 Å². The highest BCUT2D eigenvalue weighted by atomic mass is 16.5. The number of amides is 1. The van der Waals surface area contributed by atoms with E-state index < -0.39 is 0 Å². The minimum Gasteiger partial charge on any atom is -0.506 e. The second kappa shape index (κ2) is 6.43. The maximum atomic E-state index is 11.9. The number of aromatic hydroxyl groups is 1. The number of phenolic OH excluding ortho intramolecular Hbond substituents is 1. The Kier molecular flexibility index (Phi) is 4.63. The Hall–Kier alpha value is -1.75. The number of phenols is 1. The predicted octanol–water partition coefficient (Wildman–Crippen LogP) is 1.73. The molecule has 1 aliphatic rings. The van der Waals surface area contributed by atoms with Crippen molar-refractivity contribution in [1.82, 2.24) is 5.32 Å². The van der Waals surface area contributed by atoms with Crippen LogP contribution in [0.2, 0.25) is 0 Å². The molecule has 0 aromatic heterocycles. The Morgan fingerprint density at radius 2 is 2.21 bits per heavy atom. The molecule has 5 heteroatoms. The highest BCUT2D eigenvalue weighted by Crippen LogP contribution is 2.28. The maximum Gasteiger partial charge on any atom is 0.224 e. The fourth-order valence-electron chi connectivity index (χ4n) is 2.29. The van der Waals surface area contributed by atoms with Crippen LogP contribution in [-0.2, 0) is 4.79 Å². The van der Waals surface area contributed by atoms with E-state index in [1.165, 1.54) is 13.2 Å². The third-order valence-electron chi connectivity index (χ3n) is 3.41. The van der Waals surface area contributed by atoms with Gasteiger partial charge in [0.05, 0.1) is 12.8 Å². The van der Waals surface area contributed by atoms with Gasteiger partial charge in [0.1, 0.15) is 11.5 Å². The van der Waals surface area contributed by atoms with Gasteiger partial charge in [0.2, 0.25) is 5.91 Å². The smallest absolute Gasteiger partial charge is 0.224 e. The summed E-state index contributed by atoms with van der Waals surface area (Å²) >= 11 is 0. The number of carbonyl (C=O) groups is 1. The number of nitrogens with one attached hydrogen (secondary N) is 2. The summed E-state index contributed by atoms with van der Waals surface area (Å²) in [5.41, 5.74) is 0.430. The molecule has 0 atom stereocenters. The van der Waals surface area contributed by atoms with E-state index in [0.717, 1.165) is 25.9 Å². The number of piperidine rings is 1. The van der Waals surface area contributed by atoms with Crippen molar-refractivity contribution in [3.05, 3.63) is 18.2 Å². The normalized spacial score (nSPS) is 16.1. The first-order valence-corrected chi connectivity index (χ1v) is 6.56.